The first-order chi connectivity index (χ1) is 10.3. The van der Waals surface area contributed by atoms with E-state index in [-0.39, 0.29) is 6.04 Å². The summed E-state index contributed by atoms with van der Waals surface area (Å²) in [7, 11) is 0. The summed E-state index contributed by atoms with van der Waals surface area (Å²) in [5, 5.41) is 3.64. The Bertz CT molecular complexity index is 640. The highest BCUT2D eigenvalue weighted by molar-refractivity contribution is 7.09. The van der Waals surface area contributed by atoms with Crippen LogP contribution >= 0.6 is 11.3 Å². The summed E-state index contributed by atoms with van der Waals surface area (Å²) in [6.45, 7) is 2.87. The first-order valence-corrected chi connectivity index (χ1v) is 7.80. The Balaban J connectivity index is 1.85. The van der Waals surface area contributed by atoms with Crippen molar-refractivity contribution in [2.24, 2.45) is 0 Å². The van der Waals surface area contributed by atoms with Crippen molar-refractivity contribution >= 4 is 11.3 Å². The molecule has 0 amide bonds. The predicted molar refractivity (Wildman–Crippen MR) is 86.2 cm³/mol. The molecule has 2 heterocycles. The number of nitrogens with one attached hydrogen (secondary N) is 1. The lowest BCUT2D eigenvalue weighted by atomic mass is 10.00. The minimum Gasteiger partial charge on any atom is -0.301 e. The molecule has 2 aromatic heterocycles. The lowest BCUT2D eigenvalue weighted by Gasteiger charge is -2.19. The number of hydrogen-bond donors (Lipinski definition) is 1. The molecule has 1 aromatic carbocycles. The highest BCUT2D eigenvalue weighted by atomic mass is 32.1. The third kappa shape index (κ3) is 3.35. The van der Waals surface area contributed by atoms with Gasteiger partial charge in [-0.1, -0.05) is 30.3 Å². The average Bonchev–Trinajstić information content (AvgIpc) is 2.95. The second-order valence-electron chi connectivity index (χ2n) is 4.87. The van der Waals surface area contributed by atoms with Gasteiger partial charge in [0.2, 0.25) is 0 Å². The van der Waals surface area contributed by atoms with E-state index in [1.54, 1.807) is 11.3 Å². The Morgan fingerprint density at radius 1 is 1.05 bits per heavy atom. The van der Waals surface area contributed by atoms with E-state index in [0.717, 1.165) is 12.2 Å². The number of thiazole rings is 1. The fourth-order valence-electron chi connectivity index (χ4n) is 2.32. The summed E-state index contributed by atoms with van der Waals surface area (Å²) in [5.41, 5.74) is 5.48. The summed E-state index contributed by atoms with van der Waals surface area (Å²) in [5.74, 6) is 0. The topological polar surface area (TPSA) is 37.8 Å². The molecule has 106 valence electrons. The second kappa shape index (κ2) is 6.61. The molecule has 3 aromatic rings. The maximum absolute atomic E-state index is 4.31. The molecular weight excluding hydrogens is 278 g/mol. The Hall–Kier alpha value is -2.04. The van der Waals surface area contributed by atoms with Gasteiger partial charge in [0.05, 0.1) is 17.2 Å². The summed E-state index contributed by atoms with van der Waals surface area (Å²) in [6, 6.07) is 14.8. The molecule has 0 aliphatic rings. The van der Waals surface area contributed by atoms with Crippen molar-refractivity contribution in [1.82, 2.24) is 15.3 Å². The Labute approximate surface area is 128 Å². The van der Waals surface area contributed by atoms with Crippen LogP contribution in [0, 0.1) is 6.92 Å². The summed E-state index contributed by atoms with van der Waals surface area (Å²) >= 11 is 1.70. The first-order valence-electron chi connectivity index (χ1n) is 6.92. The molecule has 0 aliphatic heterocycles. The van der Waals surface area contributed by atoms with Crippen molar-refractivity contribution in [1.29, 1.82) is 0 Å². The number of benzene rings is 1. The Morgan fingerprint density at radius 2 is 1.76 bits per heavy atom. The van der Waals surface area contributed by atoms with E-state index in [4.69, 9.17) is 0 Å². The van der Waals surface area contributed by atoms with E-state index in [2.05, 4.69) is 58.6 Å². The van der Waals surface area contributed by atoms with Gasteiger partial charge in [-0.05, 0) is 30.2 Å². The lowest BCUT2D eigenvalue weighted by molar-refractivity contribution is 0.607. The zero-order valence-corrected chi connectivity index (χ0v) is 12.7. The highest BCUT2D eigenvalue weighted by Gasteiger charge is 2.14. The molecule has 0 bridgehead atoms. The Morgan fingerprint density at radius 3 is 2.43 bits per heavy atom. The molecule has 1 atom stereocenters. The first kappa shape index (κ1) is 13.9. The highest BCUT2D eigenvalue weighted by Crippen LogP contribution is 2.23. The number of rotatable bonds is 5. The molecule has 0 saturated heterocycles. The van der Waals surface area contributed by atoms with E-state index < -0.39 is 0 Å². The van der Waals surface area contributed by atoms with Gasteiger partial charge in [-0.3, -0.25) is 4.98 Å². The van der Waals surface area contributed by atoms with Gasteiger partial charge in [-0.15, -0.1) is 11.3 Å². The molecule has 3 rings (SSSR count). The monoisotopic (exact) mass is 295 g/mol. The fourth-order valence-corrected chi connectivity index (χ4v) is 3.05. The molecule has 0 saturated carbocycles. The Kier molecular flexibility index (Phi) is 4.38. The van der Waals surface area contributed by atoms with Gasteiger partial charge in [0.1, 0.15) is 0 Å². The van der Waals surface area contributed by atoms with E-state index in [9.17, 15) is 0 Å². The summed E-state index contributed by atoms with van der Waals surface area (Å²) in [4.78, 5) is 9.70. The lowest BCUT2D eigenvalue weighted by Crippen LogP contribution is -2.22. The zero-order valence-electron chi connectivity index (χ0n) is 11.9. The molecule has 0 aliphatic carbocycles. The maximum Gasteiger partial charge on any atom is 0.0798 e. The minimum atomic E-state index is 0.163. The zero-order chi connectivity index (χ0) is 14.5. The van der Waals surface area contributed by atoms with E-state index in [0.29, 0.717) is 0 Å². The molecular formula is C17H17N3S. The normalized spacial score (nSPS) is 12.2. The van der Waals surface area contributed by atoms with Crippen LogP contribution in [0.15, 0.2) is 60.4 Å². The molecule has 1 N–H and O–H groups in total. The molecule has 0 spiro atoms. The van der Waals surface area contributed by atoms with Crippen LogP contribution in [0.2, 0.25) is 0 Å². The molecule has 3 nitrogen and oxygen atoms in total. The van der Waals surface area contributed by atoms with Crippen LogP contribution in [-0.4, -0.2) is 9.97 Å². The summed E-state index contributed by atoms with van der Waals surface area (Å²) in [6.07, 6.45) is 3.68. The molecule has 21 heavy (non-hydrogen) atoms. The maximum atomic E-state index is 4.31. The number of pyridine rings is 1. The van der Waals surface area contributed by atoms with Crippen molar-refractivity contribution in [3.63, 3.8) is 0 Å². The SMILES string of the molecule is Cc1ncsc1CNC(c1ccccc1)c1ccncc1. The van der Waals surface area contributed by atoms with Crippen LogP contribution in [0.3, 0.4) is 0 Å². The second-order valence-corrected chi connectivity index (χ2v) is 5.81. The van der Waals surface area contributed by atoms with Crippen LogP contribution in [0.4, 0.5) is 0 Å². The molecule has 1 unspecified atom stereocenters. The van der Waals surface area contributed by atoms with Gasteiger partial charge < -0.3 is 5.32 Å². The van der Waals surface area contributed by atoms with Crippen molar-refractivity contribution < 1.29 is 0 Å². The van der Waals surface area contributed by atoms with Crippen LogP contribution < -0.4 is 5.32 Å². The van der Waals surface area contributed by atoms with Crippen molar-refractivity contribution in [3.05, 3.63) is 82.1 Å². The van der Waals surface area contributed by atoms with Gasteiger partial charge in [0, 0.05) is 23.8 Å². The average molecular weight is 295 g/mol. The molecule has 0 fully saturated rings. The predicted octanol–water partition coefficient (Wildman–Crippen LogP) is 3.73. The van der Waals surface area contributed by atoms with Gasteiger partial charge in [-0.2, -0.15) is 0 Å². The van der Waals surface area contributed by atoms with Crippen LogP contribution in [0.1, 0.15) is 27.7 Å². The minimum absolute atomic E-state index is 0.163. The number of aromatic nitrogens is 2. The number of aryl methyl sites for hydroxylation is 1. The van der Waals surface area contributed by atoms with Gasteiger partial charge >= 0.3 is 0 Å². The standard InChI is InChI=1S/C17H17N3S/c1-13-16(21-12-20-13)11-19-17(14-5-3-2-4-6-14)15-7-9-18-10-8-15/h2-10,12,17,19H,11H2,1H3. The van der Waals surface area contributed by atoms with Gasteiger partial charge in [0.15, 0.2) is 0 Å². The van der Waals surface area contributed by atoms with Gasteiger partial charge in [-0.25, -0.2) is 4.98 Å². The smallest absolute Gasteiger partial charge is 0.0798 e. The quantitative estimate of drug-likeness (QED) is 0.779. The molecule has 4 heteroatoms. The van der Waals surface area contributed by atoms with Crippen LogP contribution in [-0.2, 0) is 6.54 Å². The van der Waals surface area contributed by atoms with Crippen molar-refractivity contribution in [2.45, 2.75) is 19.5 Å². The van der Waals surface area contributed by atoms with Crippen LogP contribution in [0.25, 0.3) is 0 Å². The summed E-state index contributed by atoms with van der Waals surface area (Å²) < 4.78 is 0. The third-order valence-electron chi connectivity index (χ3n) is 3.48. The fraction of sp³-hybridized carbons (Fsp3) is 0.176. The number of nitrogens with zero attached hydrogens (tertiary/aromatic N) is 2. The van der Waals surface area contributed by atoms with Crippen LogP contribution in [0.5, 0.6) is 0 Å². The van der Waals surface area contributed by atoms with Crippen molar-refractivity contribution in [3.8, 4) is 0 Å². The molecule has 0 radical (unpaired) electrons. The largest absolute Gasteiger partial charge is 0.301 e. The van der Waals surface area contributed by atoms with E-state index >= 15 is 0 Å². The third-order valence-corrected chi connectivity index (χ3v) is 4.42. The number of hydrogen-bond acceptors (Lipinski definition) is 4. The van der Waals surface area contributed by atoms with E-state index in [1.165, 1.54) is 16.0 Å². The van der Waals surface area contributed by atoms with Crippen molar-refractivity contribution in [2.75, 3.05) is 0 Å². The van der Waals surface area contributed by atoms with E-state index in [1.807, 2.05) is 24.0 Å². The van der Waals surface area contributed by atoms with Gasteiger partial charge in [0.25, 0.3) is 0 Å².